The van der Waals surface area contributed by atoms with Crippen LogP contribution in [-0.2, 0) is 17.6 Å². The lowest BCUT2D eigenvalue weighted by Gasteiger charge is -2.11. The number of aldehydes is 1. The van der Waals surface area contributed by atoms with Crippen molar-refractivity contribution in [3.63, 3.8) is 0 Å². The molecule has 4 nitrogen and oxygen atoms in total. The molecule has 4 N–H and O–H groups in total. The standard InChI is InChI=1S/C13H16O3.H3N/c1-3-11-7-10(8-14)6-9(2)12(11)4-5-13(15)16;/h6-8H,3-5H2,1-2H3,(H,15,16);1H3. The van der Waals surface area contributed by atoms with Crippen molar-refractivity contribution < 1.29 is 14.7 Å². The molecule has 0 saturated carbocycles. The summed E-state index contributed by atoms with van der Waals surface area (Å²) in [6.07, 6.45) is 2.31. The summed E-state index contributed by atoms with van der Waals surface area (Å²) >= 11 is 0. The van der Waals surface area contributed by atoms with Gasteiger partial charge >= 0.3 is 5.97 Å². The molecule has 0 aliphatic rings. The van der Waals surface area contributed by atoms with Gasteiger partial charge in [-0.3, -0.25) is 9.59 Å². The van der Waals surface area contributed by atoms with Crippen molar-refractivity contribution in [3.8, 4) is 0 Å². The molecular formula is C13H19NO3. The molecule has 17 heavy (non-hydrogen) atoms. The molecule has 0 spiro atoms. The Morgan fingerprint density at radius 3 is 2.53 bits per heavy atom. The molecular weight excluding hydrogens is 218 g/mol. The van der Waals surface area contributed by atoms with Crippen molar-refractivity contribution in [2.75, 3.05) is 0 Å². The zero-order valence-corrected chi connectivity index (χ0v) is 10.3. The third kappa shape index (κ3) is 4.00. The number of carboxylic acids is 1. The molecule has 94 valence electrons. The summed E-state index contributed by atoms with van der Waals surface area (Å²) in [7, 11) is 0. The lowest BCUT2D eigenvalue weighted by molar-refractivity contribution is -0.136. The van der Waals surface area contributed by atoms with Gasteiger partial charge in [0.15, 0.2) is 0 Å². The van der Waals surface area contributed by atoms with Gasteiger partial charge in [-0.25, -0.2) is 0 Å². The van der Waals surface area contributed by atoms with Gasteiger partial charge in [0.2, 0.25) is 0 Å². The summed E-state index contributed by atoms with van der Waals surface area (Å²) in [5, 5.41) is 8.67. The normalized spacial score (nSPS) is 9.53. The van der Waals surface area contributed by atoms with E-state index in [-0.39, 0.29) is 12.6 Å². The molecule has 0 saturated heterocycles. The maximum absolute atomic E-state index is 10.7. The third-order valence-corrected chi connectivity index (χ3v) is 2.69. The average Bonchev–Trinajstić information content (AvgIpc) is 2.26. The zero-order chi connectivity index (χ0) is 12.1. The SMILES string of the molecule is CCc1cc(C=O)cc(C)c1CCC(=O)O.N. The van der Waals surface area contributed by atoms with Crippen LogP contribution in [0.1, 0.15) is 40.4 Å². The van der Waals surface area contributed by atoms with Gasteiger partial charge < -0.3 is 11.3 Å². The van der Waals surface area contributed by atoms with Crippen LogP contribution in [0.25, 0.3) is 0 Å². The monoisotopic (exact) mass is 237 g/mol. The Bertz CT molecular complexity index is 413. The van der Waals surface area contributed by atoms with Crippen molar-refractivity contribution >= 4 is 12.3 Å². The van der Waals surface area contributed by atoms with Crippen LogP contribution in [0.3, 0.4) is 0 Å². The molecule has 1 rings (SSSR count). The number of aryl methyl sites for hydroxylation is 2. The summed E-state index contributed by atoms with van der Waals surface area (Å²) in [6.45, 7) is 3.93. The second-order valence-electron chi connectivity index (χ2n) is 3.84. The molecule has 0 amide bonds. The molecule has 0 aliphatic carbocycles. The first-order valence-electron chi connectivity index (χ1n) is 5.37. The number of carbonyl (C=O) groups excluding carboxylic acids is 1. The molecule has 0 heterocycles. The van der Waals surface area contributed by atoms with E-state index in [1.54, 1.807) is 0 Å². The fourth-order valence-electron chi connectivity index (χ4n) is 1.89. The van der Waals surface area contributed by atoms with Crippen molar-refractivity contribution in [2.45, 2.75) is 33.1 Å². The molecule has 1 aromatic carbocycles. The highest BCUT2D eigenvalue weighted by Crippen LogP contribution is 2.19. The summed E-state index contributed by atoms with van der Waals surface area (Å²) in [5.41, 5.74) is 3.80. The minimum atomic E-state index is -0.791. The quantitative estimate of drug-likeness (QED) is 0.770. The highest BCUT2D eigenvalue weighted by atomic mass is 16.4. The van der Waals surface area contributed by atoms with E-state index in [2.05, 4.69) is 0 Å². The second-order valence-corrected chi connectivity index (χ2v) is 3.84. The van der Waals surface area contributed by atoms with E-state index in [1.807, 2.05) is 26.0 Å². The fourth-order valence-corrected chi connectivity index (χ4v) is 1.89. The Labute approximate surface area is 101 Å². The minimum Gasteiger partial charge on any atom is -0.481 e. The van der Waals surface area contributed by atoms with E-state index in [0.717, 1.165) is 29.4 Å². The fraction of sp³-hybridized carbons (Fsp3) is 0.385. The number of carboxylic acid groups (broad SMARTS) is 1. The van der Waals surface area contributed by atoms with Crippen LogP contribution >= 0.6 is 0 Å². The van der Waals surface area contributed by atoms with Gasteiger partial charge in [0, 0.05) is 12.0 Å². The summed E-state index contributed by atoms with van der Waals surface area (Å²) in [6, 6.07) is 3.65. The number of hydrogen-bond acceptors (Lipinski definition) is 3. The highest BCUT2D eigenvalue weighted by molar-refractivity contribution is 5.76. The van der Waals surface area contributed by atoms with Gasteiger partial charge in [-0.05, 0) is 48.6 Å². The largest absolute Gasteiger partial charge is 0.481 e. The lowest BCUT2D eigenvalue weighted by Crippen LogP contribution is -2.03. The van der Waals surface area contributed by atoms with Gasteiger partial charge in [-0.1, -0.05) is 6.92 Å². The topological polar surface area (TPSA) is 89.4 Å². The molecule has 0 radical (unpaired) electrons. The van der Waals surface area contributed by atoms with E-state index >= 15 is 0 Å². The van der Waals surface area contributed by atoms with E-state index in [1.165, 1.54) is 0 Å². The smallest absolute Gasteiger partial charge is 0.303 e. The van der Waals surface area contributed by atoms with Crippen LogP contribution < -0.4 is 6.15 Å². The maximum Gasteiger partial charge on any atom is 0.303 e. The number of aliphatic carboxylic acids is 1. The molecule has 1 aromatic rings. The number of carbonyl (C=O) groups is 2. The van der Waals surface area contributed by atoms with Gasteiger partial charge in [0.05, 0.1) is 0 Å². The van der Waals surface area contributed by atoms with Crippen LogP contribution in [0.2, 0.25) is 0 Å². The van der Waals surface area contributed by atoms with Crippen molar-refractivity contribution in [3.05, 3.63) is 34.4 Å². The molecule has 0 atom stereocenters. The predicted molar refractivity (Wildman–Crippen MR) is 66.9 cm³/mol. The van der Waals surface area contributed by atoms with E-state index in [9.17, 15) is 9.59 Å². The molecule has 4 heteroatoms. The lowest BCUT2D eigenvalue weighted by atomic mass is 9.94. The van der Waals surface area contributed by atoms with E-state index < -0.39 is 5.97 Å². The first-order chi connectivity index (χ1) is 7.58. The maximum atomic E-state index is 10.7. The average molecular weight is 237 g/mol. The van der Waals surface area contributed by atoms with Crippen molar-refractivity contribution in [1.29, 1.82) is 0 Å². The predicted octanol–water partition coefficient (Wildman–Crippen LogP) is 2.55. The first-order valence-corrected chi connectivity index (χ1v) is 5.37. The molecule has 0 aromatic heterocycles. The molecule has 0 bridgehead atoms. The van der Waals surface area contributed by atoms with Gasteiger partial charge in [0.25, 0.3) is 0 Å². The molecule has 0 fully saturated rings. The first kappa shape index (κ1) is 15.3. The van der Waals surface area contributed by atoms with Crippen LogP contribution in [0.5, 0.6) is 0 Å². The van der Waals surface area contributed by atoms with Crippen LogP contribution in [0.15, 0.2) is 12.1 Å². The van der Waals surface area contributed by atoms with E-state index in [0.29, 0.717) is 12.0 Å². The summed E-state index contributed by atoms with van der Waals surface area (Å²) in [4.78, 5) is 21.3. The minimum absolute atomic E-state index is 0. The Morgan fingerprint density at radius 1 is 1.41 bits per heavy atom. The van der Waals surface area contributed by atoms with E-state index in [4.69, 9.17) is 5.11 Å². The zero-order valence-electron chi connectivity index (χ0n) is 10.3. The molecule has 0 unspecified atom stereocenters. The molecule has 0 aliphatic heterocycles. The Balaban J connectivity index is 0.00000256. The summed E-state index contributed by atoms with van der Waals surface area (Å²) < 4.78 is 0. The van der Waals surface area contributed by atoms with Gasteiger partial charge in [-0.15, -0.1) is 0 Å². The Kier molecular flexibility index (Phi) is 6.13. The number of hydrogen-bond donors (Lipinski definition) is 2. The summed E-state index contributed by atoms with van der Waals surface area (Å²) in [5.74, 6) is -0.791. The second kappa shape index (κ2) is 6.81. The number of rotatable bonds is 5. The van der Waals surface area contributed by atoms with Crippen molar-refractivity contribution in [2.24, 2.45) is 0 Å². The van der Waals surface area contributed by atoms with Crippen LogP contribution in [-0.4, -0.2) is 17.4 Å². The van der Waals surface area contributed by atoms with Crippen LogP contribution in [0, 0.1) is 6.92 Å². The number of benzene rings is 1. The van der Waals surface area contributed by atoms with Gasteiger partial charge in [-0.2, -0.15) is 0 Å². The Hall–Kier alpha value is -1.68. The Morgan fingerprint density at radius 2 is 2.06 bits per heavy atom. The van der Waals surface area contributed by atoms with Gasteiger partial charge in [0.1, 0.15) is 6.29 Å². The highest BCUT2D eigenvalue weighted by Gasteiger charge is 2.08. The van der Waals surface area contributed by atoms with Crippen LogP contribution in [0.4, 0.5) is 0 Å². The van der Waals surface area contributed by atoms with Crippen molar-refractivity contribution in [1.82, 2.24) is 6.15 Å². The third-order valence-electron chi connectivity index (χ3n) is 2.69.